The van der Waals surface area contributed by atoms with E-state index in [9.17, 15) is 14.4 Å². The summed E-state index contributed by atoms with van der Waals surface area (Å²) in [5, 5.41) is 0. The molecule has 0 aliphatic heterocycles. The normalized spacial score (nSPS) is 12.7. The fourth-order valence-corrected chi connectivity index (χ4v) is 10.0. The van der Waals surface area contributed by atoms with Crippen molar-refractivity contribution in [2.45, 2.75) is 354 Å². The highest BCUT2D eigenvalue weighted by Gasteiger charge is 2.19. The molecule has 0 aliphatic carbocycles. The first-order valence-corrected chi connectivity index (χ1v) is 35.2. The lowest BCUT2D eigenvalue weighted by atomic mass is 10.0. The molecule has 472 valence electrons. The van der Waals surface area contributed by atoms with Crippen LogP contribution >= 0.6 is 0 Å². The van der Waals surface area contributed by atoms with Crippen molar-refractivity contribution in [3.05, 3.63) is 97.2 Å². The molecule has 0 saturated carbocycles. The summed E-state index contributed by atoms with van der Waals surface area (Å²) in [4.78, 5) is 38.5. The summed E-state index contributed by atoms with van der Waals surface area (Å²) in [5.74, 6) is -0.884. The second-order valence-corrected chi connectivity index (χ2v) is 23.4. The summed E-state index contributed by atoms with van der Waals surface area (Å²) >= 11 is 0. The predicted molar refractivity (Wildman–Crippen MR) is 357 cm³/mol. The van der Waals surface area contributed by atoms with E-state index in [-0.39, 0.29) is 31.1 Å². The van der Waals surface area contributed by atoms with E-state index in [1.54, 1.807) is 0 Å². The molecule has 0 radical (unpaired) electrons. The van der Waals surface area contributed by atoms with Crippen molar-refractivity contribution in [2.75, 3.05) is 13.2 Å². The smallest absolute Gasteiger partial charge is 0.306 e. The summed E-state index contributed by atoms with van der Waals surface area (Å²) in [5.41, 5.74) is 0. The molecule has 0 aromatic rings. The van der Waals surface area contributed by atoms with Gasteiger partial charge in [0.25, 0.3) is 0 Å². The van der Waals surface area contributed by atoms with E-state index >= 15 is 0 Å². The molecule has 0 N–H and O–H groups in total. The monoisotopic (exact) mass is 1140 g/mol. The molecule has 1 unspecified atom stereocenters. The summed E-state index contributed by atoms with van der Waals surface area (Å²) in [6, 6.07) is 0. The molecule has 0 fully saturated rings. The van der Waals surface area contributed by atoms with Gasteiger partial charge in [-0.3, -0.25) is 14.4 Å². The maximum atomic E-state index is 13.0. The molecule has 0 amide bonds. The third-order valence-electron chi connectivity index (χ3n) is 15.3. The average Bonchev–Trinajstić information content (AvgIpc) is 3.47. The zero-order chi connectivity index (χ0) is 59.2. The molecule has 82 heavy (non-hydrogen) atoms. The van der Waals surface area contributed by atoms with Crippen LogP contribution in [-0.4, -0.2) is 37.2 Å². The number of hydrogen-bond donors (Lipinski definition) is 0. The molecule has 0 spiro atoms. The van der Waals surface area contributed by atoms with Gasteiger partial charge in [0.05, 0.1) is 0 Å². The molecule has 0 aliphatic rings. The van der Waals surface area contributed by atoms with Gasteiger partial charge in [0, 0.05) is 19.3 Å². The molecule has 6 heteroatoms. The highest BCUT2D eigenvalue weighted by Crippen LogP contribution is 2.17. The summed E-state index contributed by atoms with van der Waals surface area (Å²) in [7, 11) is 0. The van der Waals surface area contributed by atoms with E-state index in [1.807, 2.05) is 0 Å². The third kappa shape index (κ3) is 67.1. The van der Waals surface area contributed by atoms with E-state index in [1.165, 1.54) is 205 Å². The Morgan fingerprint density at radius 2 is 0.476 bits per heavy atom. The molecule has 0 aromatic heterocycles. The van der Waals surface area contributed by atoms with Crippen LogP contribution < -0.4 is 0 Å². The van der Waals surface area contributed by atoms with Crippen molar-refractivity contribution in [1.29, 1.82) is 0 Å². The van der Waals surface area contributed by atoms with Crippen LogP contribution in [0.5, 0.6) is 0 Å². The van der Waals surface area contributed by atoms with Crippen molar-refractivity contribution >= 4 is 17.9 Å². The lowest BCUT2D eigenvalue weighted by Crippen LogP contribution is -2.30. The SMILES string of the molecule is CC/C=C\C/C=C\C/C=C\C/C=C\C/C=C\CCCCCCCCCC(=O)OCC(COC(=O)CCCCCCCCC/C=C\CCCCCCCCC)OC(=O)CCCCCCCCCCCCC/C=C\C/C=C\CCCCCCC. The van der Waals surface area contributed by atoms with E-state index in [2.05, 4.69) is 118 Å². The Morgan fingerprint density at radius 3 is 0.756 bits per heavy atom. The lowest BCUT2D eigenvalue weighted by Gasteiger charge is -2.18. The Bertz CT molecular complexity index is 1590. The summed E-state index contributed by atoms with van der Waals surface area (Å²) < 4.78 is 17.0. The van der Waals surface area contributed by atoms with Crippen LogP contribution in [-0.2, 0) is 28.6 Å². The van der Waals surface area contributed by atoms with Crippen LogP contribution in [0, 0.1) is 0 Å². The topological polar surface area (TPSA) is 78.9 Å². The van der Waals surface area contributed by atoms with Crippen LogP contribution in [0.15, 0.2) is 97.2 Å². The van der Waals surface area contributed by atoms with Crippen molar-refractivity contribution in [1.82, 2.24) is 0 Å². The van der Waals surface area contributed by atoms with Crippen LogP contribution in [0.4, 0.5) is 0 Å². The Balaban J connectivity index is 4.40. The molecule has 0 bridgehead atoms. The number of rotatable bonds is 64. The first kappa shape index (κ1) is 78.3. The zero-order valence-electron chi connectivity index (χ0n) is 54.2. The number of unbranched alkanes of at least 4 members (excludes halogenated alkanes) is 37. The average molecular weight is 1140 g/mol. The minimum atomic E-state index is -0.788. The quantitative estimate of drug-likeness (QED) is 0.0261. The Kier molecular flexibility index (Phi) is 66.7. The highest BCUT2D eigenvalue weighted by atomic mass is 16.6. The number of carbonyl (C=O) groups is 3. The second kappa shape index (κ2) is 69.8. The minimum Gasteiger partial charge on any atom is -0.462 e. The van der Waals surface area contributed by atoms with Gasteiger partial charge in [-0.2, -0.15) is 0 Å². The van der Waals surface area contributed by atoms with E-state index in [0.29, 0.717) is 19.3 Å². The number of esters is 3. The standard InChI is InChI=1S/C76H132O6/c1-4-7-10-13-16-19-22-25-28-31-34-36-38-40-42-45-48-51-54-57-60-63-66-69-75(78)81-72-73(71-80-74(77)68-65-62-59-56-53-50-47-44-33-30-27-24-21-18-15-12-9-6-3)82-76(79)70-67-64-61-58-55-52-49-46-43-41-39-37-35-32-29-26-23-20-17-14-11-8-5-2/h7,10,16,19,23,25-26,28,30,32-36,40,42,73H,4-6,8-9,11-15,17-18,20-22,24,27,29,31,37-39,41,43-72H2,1-3H3/b10-7-,19-16-,26-23-,28-25-,33-30-,35-32-,36-34-,42-40-. The molecule has 0 rings (SSSR count). The molecular weight excluding hydrogens is 1010 g/mol. The van der Waals surface area contributed by atoms with Gasteiger partial charge in [0.15, 0.2) is 6.10 Å². The summed E-state index contributed by atoms with van der Waals surface area (Å²) in [6.45, 7) is 6.54. The van der Waals surface area contributed by atoms with Gasteiger partial charge < -0.3 is 14.2 Å². The van der Waals surface area contributed by atoms with Crippen molar-refractivity contribution < 1.29 is 28.6 Å². The van der Waals surface area contributed by atoms with Crippen molar-refractivity contribution in [3.63, 3.8) is 0 Å². The number of allylic oxidation sites excluding steroid dienone is 16. The number of carbonyl (C=O) groups excluding carboxylic acids is 3. The van der Waals surface area contributed by atoms with Gasteiger partial charge in [0.1, 0.15) is 13.2 Å². The number of hydrogen-bond acceptors (Lipinski definition) is 6. The van der Waals surface area contributed by atoms with Gasteiger partial charge in [-0.05, 0) is 122 Å². The van der Waals surface area contributed by atoms with E-state index in [0.717, 1.165) is 103 Å². The first-order valence-electron chi connectivity index (χ1n) is 35.2. The van der Waals surface area contributed by atoms with Gasteiger partial charge in [-0.1, -0.05) is 304 Å². The van der Waals surface area contributed by atoms with Crippen LogP contribution in [0.2, 0.25) is 0 Å². The lowest BCUT2D eigenvalue weighted by molar-refractivity contribution is -0.167. The fraction of sp³-hybridized carbons (Fsp3) is 0.750. The van der Waals surface area contributed by atoms with Crippen LogP contribution in [0.3, 0.4) is 0 Å². The zero-order valence-corrected chi connectivity index (χ0v) is 54.2. The molecule has 6 nitrogen and oxygen atoms in total. The van der Waals surface area contributed by atoms with Crippen LogP contribution in [0.25, 0.3) is 0 Å². The Morgan fingerprint density at radius 1 is 0.256 bits per heavy atom. The van der Waals surface area contributed by atoms with Gasteiger partial charge >= 0.3 is 17.9 Å². The minimum absolute atomic E-state index is 0.0826. The van der Waals surface area contributed by atoms with E-state index in [4.69, 9.17) is 14.2 Å². The summed E-state index contributed by atoms with van der Waals surface area (Å²) in [6.07, 6.45) is 94.2. The van der Waals surface area contributed by atoms with Crippen LogP contribution in [0.1, 0.15) is 348 Å². The second-order valence-electron chi connectivity index (χ2n) is 23.4. The molecule has 0 heterocycles. The molecule has 0 aromatic carbocycles. The maximum absolute atomic E-state index is 13.0. The fourth-order valence-electron chi connectivity index (χ4n) is 10.0. The largest absolute Gasteiger partial charge is 0.462 e. The first-order chi connectivity index (χ1) is 40.5. The van der Waals surface area contributed by atoms with Gasteiger partial charge in [-0.25, -0.2) is 0 Å². The molecule has 1 atom stereocenters. The molecule has 0 saturated heterocycles. The third-order valence-corrected chi connectivity index (χ3v) is 15.3. The van der Waals surface area contributed by atoms with E-state index < -0.39 is 6.10 Å². The Labute approximate surface area is 508 Å². The van der Waals surface area contributed by atoms with Gasteiger partial charge in [0.2, 0.25) is 0 Å². The number of ether oxygens (including phenoxy) is 3. The highest BCUT2D eigenvalue weighted by molar-refractivity contribution is 5.71. The predicted octanol–water partition coefficient (Wildman–Crippen LogP) is 24.4. The van der Waals surface area contributed by atoms with Crippen molar-refractivity contribution in [3.8, 4) is 0 Å². The molecular formula is C76H132O6. The Hall–Kier alpha value is -3.67. The maximum Gasteiger partial charge on any atom is 0.306 e. The van der Waals surface area contributed by atoms with Gasteiger partial charge in [-0.15, -0.1) is 0 Å². The van der Waals surface area contributed by atoms with Crippen molar-refractivity contribution in [2.24, 2.45) is 0 Å².